The molecule has 1 rings (SSSR count). The van der Waals surface area contributed by atoms with Gasteiger partial charge in [0.15, 0.2) is 0 Å². The summed E-state index contributed by atoms with van der Waals surface area (Å²) in [7, 11) is 1.77. The Kier molecular flexibility index (Phi) is 4.65. The Hall–Kier alpha value is -0.770. The number of hydrogen-bond donors (Lipinski definition) is 0. The Morgan fingerprint density at radius 2 is 1.72 bits per heavy atom. The number of rotatable bonds is 2. The van der Waals surface area contributed by atoms with Gasteiger partial charge in [0, 0.05) is 20.2 Å². The lowest BCUT2D eigenvalue weighted by molar-refractivity contribution is -0.0889. The quantitative estimate of drug-likeness (QED) is 0.763. The van der Waals surface area contributed by atoms with Crippen molar-refractivity contribution in [2.45, 2.75) is 58.7 Å². The van der Waals surface area contributed by atoms with Gasteiger partial charge in [0.2, 0.25) is 0 Å². The van der Waals surface area contributed by atoms with Crippen LogP contribution in [0.2, 0.25) is 0 Å². The van der Waals surface area contributed by atoms with Crippen molar-refractivity contribution in [1.29, 1.82) is 0 Å². The number of hydrogen-bond acceptors (Lipinski definition) is 3. The number of amides is 1. The van der Waals surface area contributed by atoms with Crippen molar-refractivity contribution in [3.8, 4) is 0 Å². The molecule has 0 spiro atoms. The van der Waals surface area contributed by atoms with Crippen molar-refractivity contribution >= 4 is 6.09 Å². The van der Waals surface area contributed by atoms with E-state index in [2.05, 4.69) is 13.8 Å². The number of ether oxygens (including phenoxy) is 2. The molecule has 0 aromatic rings. The highest BCUT2D eigenvalue weighted by Gasteiger charge is 2.39. The van der Waals surface area contributed by atoms with Gasteiger partial charge in [-0.1, -0.05) is 13.8 Å². The van der Waals surface area contributed by atoms with E-state index in [4.69, 9.17) is 9.47 Å². The van der Waals surface area contributed by atoms with Gasteiger partial charge in [-0.15, -0.1) is 0 Å². The molecular weight excluding hydrogens is 230 g/mol. The topological polar surface area (TPSA) is 38.8 Å². The van der Waals surface area contributed by atoms with Crippen LogP contribution in [-0.4, -0.2) is 42.4 Å². The van der Waals surface area contributed by atoms with Gasteiger partial charge < -0.3 is 14.4 Å². The highest BCUT2D eigenvalue weighted by atomic mass is 16.6. The lowest BCUT2D eigenvalue weighted by atomic mass is 9.81. The van der Waals surface area contributed by atoms with Crippen molar-refractivity contribution in [2.75, 3.05) is 20.2 Å². The van der Waals surface area contributed by atoms with Gasteiger partial charge in [-0.2, -0.15) is 0 Å². The smallest absolute Gasteiger partial charge is 0.410 e. The zero-order chi connectivity index (χ0) is 14.0. The summed E-state index contributed by atoms with van der Waals surface area (Å²) in [5, 5.41) is 0. The normalized spacial score (nSPS) is 20.1. The summed E-state index contributed by atoms with van der Waals surface area (Å²) in [6.07, 6.45) is 1.54. The average Bonchev–Trinajstić information content (AvgIpc) is 2.26. The van der Waals surface area contributed by atoms with Crippen LogP contribution >= 0.6 is 0 Å². The molecule has 1 fully saturated rings. The summed E-state index contributed by atoms with van der Waals surface area (Å²) in [6.45, 7) is 11.4. The van der Waals surface area contributed by atoms with Crippen molar-refractivity contribution in [2.24, 2.45) is 5.92 Å². The minimum absolute atomic E-state index is 0.0848. The lowest BCUT2D eigenvalue weighted by Gasteiger charge is -2.43. The van der Waals surface area contributed by atoms with Crippen LogP contribution in [0.15, 0.2) is 0 Å². The van der Waals surface area contributed by atoms with Crippen LogP contribution in [0.1, 0.15) is 47.5 Å². The molecule has 1 saturated heterocycles. The standard InChI is InChI=1S/C14H27NO3/c1-11(2)14(17-6)7-9-15(10-8-14)12(16)18-13(3,4)5/h11H,7-10H2,1-6H3. The van der Waals surface area contributed by atoms with E-state index in [-0.39, 0.29) is 11.7 Å². The van der Waals surface area contributed by atoms with Crippen LogP contribution in [0.4, 0.5) is 4.79 Å². The third-order valence-corrected chi connectivity index (χ3v) is 3.72. The van der Waals surface area contributed by atoms with Crippen molar-refractivity contribution in [3.05, 3.63) is 0 Å². The van der Waals surface area contributed by atoms with Crippen molar-refractivity contribution < 1.29 is 14.3 Å². The lowest BCUT2D eigenvalue weighted by Crippen LogP contribution is -2.51. The fraction of sp³-hybridized carbons (Fsp3) is 0.929. The molecule has 4 heteroatoms. The first-order chi connectivity index (χ1) is 8.20. The van der Waals surface area contributed by atoms with Gasteiger partial charge >= 0.3 is 6.09 Å². The molecule has 0 atom stereocenters. The van der Waals surface area contributed by atoms with Gasteiger partial charge in [0.25, 0.3) is 0 Å². The number of likely N-dealkylation sites (tertiary alicyclic amines) is 1. The molecule has 0 aromatic carbocycles. The van der Waals surface area contributed by atoms with E-state index in [1.165, 1.54) is 0 Å². The van der Waals surface area contributed by atoms with Crippen LogP contribution in [0.3, 0.4) is 0 Å². The second-order valence-electron chi connectivity index (χ2n) is 6.39. The molecule has 1 heterocycles. The van der Waals surface area contributed by atoms with E-state index in [0.717, 1.165) is 12.8 Å². The number of nitrogens with zero attached hydrogens (tertiary/aromatic N) is 1. The first kappa shape index (κ1) is 15.3. The first-order valence-corrected chi connectivity index (χ1v) is 6.73. The third kappa shape index (κ3) is 3.61. The monoisotopic (exact) mass is 257 g/mol. The summed E-state index contributed by atoms with van der Waals surface area (Å²) >= 11 is 0. The maximum Gasteiger partial charge on any atom is 0.410 e. The fourth-order valence-corrected chi connectivity index (χ4v) is 2.41. The molecule has 1 aliphatic rings. The minimum atomic E-state index is -0.426. The van der Waals surface area contributed by atoms with E-state index >= 15 is 0 Å². The molecule has 0 N–H and O–H groups in total. The predicted molar refractivity (Wildman–Crippen MR) is 71.6 cm³/mol. The fourth-order valence-electron chi connectivity index (χ4n) is 2.41. The minimum Gasteiger partial charge on any atom is -0.444 e. The van der Waals surface area contributed by atoms with Crippen LogP contribution in [0.5, 0.6) is 0 Å². The largest absolute Gasteiger partial charge is 0.444 e. The highest BCUT2D eigenvalue weighted by Crippen LogP contribution is 2.33. The molecule has 0 radical (unpaired) electrons. The molecule has 1 amide bonds. The van der Waals surface area contributed by atoms with Crippen molar-refractivity contribution in [3.63, 3.8) is 0 Å². The van der Waals surface area contributed by atoms with E-state index in [0.29, 0.717) is 19.0 Å². The Balaban J connectivity index is 2.56. The van der Waals surface area contributed by atoms with Crippen LogP contribution in [0, 0.1) is 5.92 Å². The summed E-state index contributed by atoms with van der Waals surface area (Å²) < 4.78 is 11.1. The Morgan fingerprint density at radius 3 is 2.06 bits per heavy atom. The molecule has 106 valence electrons. The number of piperidine rings is 1. The van der Waals surface area contributed by atoms with E-state index < -0.39 is 5.60 Å². The number of methoxy groups -OCH3 is 1. The summed E-state index contributed by atoms with van der Waals surface area (Å²) in [5.41, 5.74) is -0.510. The molecular formula is C14H27NO3. The van der Waals surface area contributed by atoms with Crippen molar-refractivity contribution in [1.82, 2.24) is 4.90 Å². The Labute approximate surface area is 111 Å². The summed E-state index contributed by atoms with van der Waals surface area (Å²) in [4.78, 5) is 13.7. The van der Waals surface area contributed by atoms with Crippen LogP contribution in [-0.2, 0) is 9.47 Å². The Bertz CT molecular complexity index is 286. The summed E-state index contributed by atoms with van der Waals surface area (Å²) in [5.74, 6) is 0.461. The molecule has 1 aliphatic heterocycles. The van der Waals surface area contributed by atoms with E-state index in [1.807, 2.05) is 20.8 Å². The van der Waals surface area contributed by atoms with Crippen LogP contribution in [0.25, 0.3) is 0 Å². The SMILES string of the molecule is COC1(C(C)C)CCN(C(=O)OC(C)(C)C)CC1. The van der Waals surface area contributed by atoms with Gasteiger partial charge in [-0.3, -0.25) is 0 Å². The predicted octanol–water partition coefficient (Wildman–Crippen LogP) is 3.06. The molecule has 0 saturated carbocycles. The van der Waals surface area contributed by atoms with Gasteiger partial charge in [0.1, 0.15) is 5.60 Å². The average molecular weight is 257 g/mol. The van der Waals surface area contributed by atoms with Gasteiger partial charge in [0.05, 0.1) is 5.60 Å². The third-order valence-electron chi connectivity index (χ3n) is 3.72. The second kappa shape index (κ2) is 5.47. The zero-order valence-corrected chi connectivity index (χ0v) is 12.6. The van der Waals surface area contributed by atoms with E-state index in [9.17, 15) is 4.79 Å². The first-order valence-electron chi connectivity index (χ1n) is 6.73. The molecule has 0 aromatic heterocycles. The molecule has 4 nitrogen and oxygen atoms in total. The number of carbonyl (C=O) groups excluding carboxylic acids is 1. The number of carbonyl (C=O) groups is 1. The second-order valence-corrected chi connectivity index (χ2v) is 6.39. The highest BCUT2D eigenvalue weighted by molar-refractivity contribution is 5.68. The van der Waals surface area contributed by atoms with E-state index in [1.54, 1.807) is 12.0 Å². The summed E-state index contributed by atoms with van der Waals surface area (Å²) in [6, 6.07) is 0. The molecule has 0 bridgehead atoms. The van der Waals surface area contributed by atoms with Gasteiger partial charge in [-0.05, 0) is 39.5 Å². The molecule has 0 aliphatic carbocycles. The van der Waals surface area contributed by atoms with Gasteiger partial charge in [-0.25, -0.2) is 4.79 Å². The Morgan fingerprint density at radius 1 is 1.22 bits per heavy atom. The maximum atomic E-state index is 11.9. The molecule has 18 heavy (non-hydrogen) atoms. The molecule has 0 unspecified atom stereocenters. The zero-order valence-electron chi connectivity index (χ0n) is 12.6. The van der Waals surface area contributed by atoms with Crippen LogP contribution < -0.4 is 0 Å². The maximum absolute atomic E-state index is 11.9.